The van der Waals surface area contributed by atoms with E-state index in [1.807, 2.05) is 18.2 Å². The summed E-state index contributed by atoms with van der Waals surface area (Å²) in [7, 11) is -3.38. The number of aliphatic hydroxyl groups excluding tert-OH is 1. The third-order valence-electron chi connectivity index (χ3n) is 4.14. The minimum Gasteiger partial charge on any atom is -0.395 e. The second-order valence-corrected chi connectivity index (χ2v) is 9.29. The Morgan fingerprint density at radius 3 is 2.33 bits per heavy atom. The minimum atomic E-state index is -3.38. The zero-order valence-corrected chi connectivity index (χ0v) is 13.8. The second kappa shape index (κ2) is 6.07. The molecule has 0 aliphatic carbocycles. The van der Waals surface area contributed by atoms with Gasteiger partial charge in [0, 0.05) is 12.1 Å². The first kappa shape index (κ1) is 16.5. The van der Waals surface area contributed by atoms with Crippen molar-refractivity contribution in [3.63, 3.8) is 0 Å². The quantitative estimate of drug-likeness (QED) is 0.907. The fraction of sp³-hybridized carbons (Fsp3) is 0.625. The lowest BCUT2D eigenvalue weighted by atomic mass is 9.92. The highest BCUT2D eigenvalue weighted by atomic mass is 32.2. The summed E-state index contributed by atoms with van der Waals surface area (Å²) in [6, 6.07) is 9.84. The van der Waals surface area contributed by atoms with Crippen LogP contribution in [0.3, 0.4) is 0 Å². The summed E-state index contributed by atoms with van der Waals surface area (Å²) in [6.07, 6.45) is 2.41. The normalized spacial score (nSPS) is 23.8. The van der Waals surface area contributed by atoms with Crippen LogP contribution in [0.5, 0.6) is 0 Å². The molecule has 4 nitrogen and oxygen atoms in total. The highest BCUT2D eigenvalue weighted by molar-refractivity contribution is 7.90. The van der Waals surface area contributed by atoms with Crippen LogP contribution in [0.1, 0.15) is 39.2 Å². The lowest BCUT2D eigenvalue weighted by Crippen LogP contribution is -2.63. The van der Waals surface area contributed by atoms with Gasteiger partial charge in [-0.15, -0.1) is 0 Å². The van der Waals surface area contributed by atoms with E-state index in [4.69, 9.17) is 0 Å². The summed E-state index contributed by atoms with van der Waals surface area (Å²) in [5, 5.41) is 9.38. The number of aliphatic hydroxyl groups is 1. The topological polar surface area (TPSA) is 57.6 Å². The molecule has 2 atom stereocenters. The molecule has 1 saturated heterocycles. The highest BCUT2D eigenvalue weighted by Crippen LogP contribution is 2.36. The van der Waals surface area contributed by atoms with E-state index in [1.54, 1.807) is 20.8 Å². The monoisotopic (exact) mass is 311 g/mol. The molecule has 1 aromatic rings. The van der Waals surface area contributed by atoms with E-state index in [9.17, 15) is 13.5 Å². The Kier molecular flexibility index (Phi) is 4.76. The van der Waals surface area contributed by atoms with E-state index in [0.29, 0.717) is 0 Å². The average molecular weight is 311 g/mol. The number of sulfonamides is 1. The van der Waals surface area contributed by atoms with Gasteiger partial charge in [0.25, 0.3) is 0 Å². The maximum Gasteiger partial charge on any atom is 0.219 e. The van der Waals surface area contributed by atoms with E-state index in [-0.39, 0.29) is 18.7 Å². The molecule has 0 amide bonds. The maximum absolute atomic E-state index is 12.6. The molecule has 21 heavy (non-hydrogen) atoms. The molecular weight excluding hydrogens is 286 g/mol. The molecule has 1 N–H and O–H groups in total. The Labute approximate surface area is 127 Å². The van der Waals surface area contributed by atoms with Gasteiger partial charge < -0.3 is 5.11 Å². The lowest BCUT2D eigenvalue weighted by molar-refractivity contribution is 0.0520. The summed E-state index contributed by atoms with van der Waals surface area (Å²) in [5.74, 6) is 0. The van der Waals surface area contributed by atoms with Crippen molar-refractivity contribution < 1.29 is 13.5 Å². The van der Waals surface area contributed by atoms with E-state index in [1.165, 1.54) is 9.87 Å². The van der Waals surface area contributed by atoms with Crippen LogP contribution in [-0.2, 0) is 16.4 Å². The molecule has 118 valence electrons. The van der Waals surface area contributed by atoms with E-state index < -0.39 is 14.8 Å². The predicted octanol–water partition coefficient (Wildman–Crippen LogP) is 2.18. The summed E-state index contributed by atoms with van der Waals surface area (Å²) < 4.78 is 26.0. The molecule has 0 radical (unpaired) electrons. The van der Waals surface area contributed by atoms with Gasteiger partial charge in [-0.3, -0.25) is 0 Å². The van der Waals surface area contributed by atoms with Crippen LogP contribution in [0, 0.1) is 0 Å². The number of rotatable bonds is 5. The molecule has 1 aliphatic heterocycles. The molecule has 1 fully saturated rings. The third kappa shape index (κ3) is 3.30. The number of hydrogen-bond donors (Lipinski definition) is 1. The van der Waals surface area contributed by atoms with Crippen LogP contribution in [0.15, 0.2) is 30.3 Å². The summed E-state index contributed by atoms with van der Waals surface area (Å²) in [6.45, 7) is 5.03. The van der Waals surface area contributed by atoms with Crippen molar-refractivity contribution >= 4 is 10.0 Å². The molecule has 1 heterocycles. The van der Waals surface area contributed by atoms with Gasteiger partial charge in [-0.25, -0.2) is 8.42 Å². The van der Waals surface area contributed by atoms with Crippen LogP contribution >= 0.6 is 0 Å². The minimum absolute atomic E-state index is 0.00609. The first-order valence-corrected chi connectivity index (χ1v) is 8.89. The van der Waals surface area contributed by atoms with Crippen molar-refractivity contribution in [3.05, 3.63) is 35.9 Å². The van der Waals surface area contributed by atoms with Crippen LogP contribution in [-0.4, -0.2) is 41.3 Å². The van der Waals surface area contributed by atoms with Gasteiger partial charge in [0.2, 0.25) is 10.0 Å². The van der Waals surface area contributed by atoms with Crippen LogP contribution < -0.4 is 0 Å². The maximum atomic E-state index is 12.6. The number of hydrogen-bond acceptors (Lipinski definition) is 3. The van der Waals surface area contributed by atoms with E-state index in [2.05, 4.69) is 12.1 Å². The third-order valence-corrected chi connectivity index (χ3v) is 6.83. The number of aryl methyl sites for hydroxylation is 1. The van der Waals surface area contributed by atoms with E-state index in [0.717, 1.165) is 19.3 Å². The van der Waals surface area contributed by atoms with Gasteiger partial charge in [0.1, 0.15) is 0 Å². The Morgan fingerprint density at radius 1 is 1.19 bits per heavy atom. The van der Waals surface area contributed by atoms with Crippen LogP contribution in [0.4, 0.5) is 0 Å². The van der Waals surface area contributed by atoms with Gasteiger partial charge in [-0.2, -0.15) is 4.31 Å². The van der Waals surface area contributed by atoms with Crippen molar-refractivity contribution in [3.8, 4) is 0 Å². The van der Waals surface area contributed by atoms with Crippen LogP contribution in [0.2, 0.25) is 0 Å². The fourth-order valence-corrected chi connectivity index (χ4v) is 4.53. The molecule has 1 aliphatic rings. The Morgan fingerprint density at radius 2 is 1.81 bits per heavy atom. The SMILES string of the molecule is CC(C)(C)S(=O)(=O)N1[C@H](CCc2ccccc2)C[C@@H]1CO. The molecule has 0 unspecified atom stereocenters. The summed E-state index contributed by atoms with van der Waals surface area (Å²) >= 11 is 0. The van der Waals surface area contributed by atoms with Crippen molar-refractivity contribution in [2.45, 2.75) is 56.9 Å². The fourth-order valence-electron chi connectivity index (χ4n) is 2.77. The van der Waals surface area contributed by atoms with Crippen molar-refractivity contribution in [2.75, 3.05) is 6.61 Å². The van der Waals surface area contributed by atoms with Crippen molar-refractivity contribution in [1.29, 1.82) is 0 Å². The van der Waals surface area contributed by atoms with Crippen molar-refractivity contribution in [1.82, 2.24) is 4.31 Å². The zero-order chi connectivity index (χ0) is 15.7. The van der Waals surface area contributed by atoms with Gasteiger partial charge in [0.15, 0.2) is 0 Å². The van der Waals surface area contributed by atoms with E-state index >= 15 is 0 Å². The Balaban J connectivity index is 2.07. The van der Waals surface area contributed by atoms with Crippen LogP contribution in [0.25, 0.3) is 0 Å². The second-order valence-electron chi connectivity index (χ2n) is 6.70. The first-order chi connectivity index (χ1) is 9.77. The summed E-state index contributed by atoms with van der Waals surface area (Å²) in [4.78, 5) is 0. The van der Waals surface area contributed by atoms with Gasteiger partial charge in [-0.05, 0) is 45.6 Å². The molecule has 0 bridgehead atoms. The molecule has 0 saturated carbocycles. The van der Waals surface area contributed by atoms with Crippen molar-refractivity contribution in [2.24, 2.45) is 0 Å². The zero-order valence-electron chi connectivity index (χ0n) is 13.0. The van der Waals surface area contributed by atoms with Gasteiger partial charge in [-0.1, -0.05) is 30.3 Å². The first-order valence-electron chi connectivity index (χ1n) is 7.45. The standard InChI is InChI=1S/C16H25NO3S/c1-16(2,3)21(19,20)17-14(11-15(17)12-18)10-9-13-7-5-4-6-8-13/h4-8,14-15,18H,9-12H2,1-3H3/t14-,15-/m1/s1. The number of benzene rings is 1. The molecule has 0 aromatic heterocycles. The van der Waals surface area contributed by atoms with Gasteiger partial charge in [0.05, 0.1) is 11.4 Å². The number of nitrogens with zero attached hydrogens (tertiary/aromatic N) is 1. The Hall–Kier alpha value is -0.910. The largest absolute Gasteiger partial charge is 0.395 e. The van der Waals surface area contributed by atoms with Gasteiger partial charge >= 0.3 is 0 Å². The predicted molar refractivity (Wildman–Crippen MR) is 84.6 cm³/mol. The smallest absolute Gasteiger partial charge is 0.219 e. The lowest BCUT2D eigenvalue weighted by Gasteiger charge is -2.49. The molecule has 5 heteroatoms. The summed E-state index contributed by atoms with van der Waals surface area (Å²) in [5.41, 5.74) is 1.22. The molecule has 1 aromatic carbocycles. The molecule has 2 rings (SSSR count). The average Bonchev–Trinajstić information content (AvgIpc) is 2.37. The molecule has 0 spiro atoms. The highest BCUT2D eigenvalue weighted by Gasteiger charge is 2.49. The molecular formula is C16H25NO3S. The Bertz CT molecular complexity index is 563.